The first-order valence-corrected chi connectivity index (χ1v) is 18.5. The molecule has 0 spiro atoms. The fraction of sp³-hybridized carbons (Fsp3) is 0.300. The van der Waals surface area contributed by atoms with Crippen LogP contribution in [0.2, 0.25) is 0 Å². The van der Waals surface area contributed by atoms with E-state index in [0.29, 0.717) is 5.56 Å². The maximum absolute atomic E-state index is 13.2. The van der Waals surface area contributed by atoms with Crippen molar-refractivity contribution in [2.75, 3.05) is 24.0 Å². The average molecular weight is 600 g/mol. The van der Waals surface area contributed by atoms with E-state index in [9.17, 15) is 25.3 Å². The largest absolute Gasteiger partial charge is 0.256 e. The predicted octanol–water partition coefficient (Wildman–Crippen LogP) is 5.17. The molecule has 1 aromatic heterocycles. The highest BCUT2D eigenvalue weighted by Crippen LogP contribution is 2.34. The Bertz CT molecular complexity index is 1860. The number of fused-ring (bicyclic) bond motifs is 1. The van der Waals surface area contributed by atoms with Crippen LogP contribution in [0.4, 0.5) is 0 Å². The molecule has 0 bridgehead atoms. The van der Waals surface area contributed by atoms with Gasteiger partial charge in [0, 0.05) is 35.4 Å². The first-order chi connectivity index (χ1) is 18.7. The Morgan fingerprint density at radius 3 is 2.12 bits per heavy atom. The Morgan fingerprint density at radius 1 is 0.800 bits per heavy atom. The molecule has 0 aliphatic rings. The summed E-state index contributed by atoms with van der Waals surface area (Å²) < 4.78 is 74.1. The summed E-state index contributed by atoms with van der Waals surface area (Å²) in [6.45, 7) is 3.48. The van der Waals surface area contributed by atoms with Crippen LogP contribution in [0.25, 0.3) is 22.0 Å². The summed E-state index contributed by atoms with van der Waals surface area (Å²) in [5, 5.41) is 0.0375. The zero-order chi connectivity index (χ0) is 29.3. The zero-order valence-electron chi connectivity index (χ0n) is 22.9. The van der Waals surface area contributed by atoms with Gasteiger partial charge >= 0.3 is 0 Å². The van der Waals surface area contributed by atoms with Gasteiger partial charge in [0.1, 0.15) is 9.84 Å². The van der Waals surface area contributed by atoms with E-state index in [1.807, 2.05) is 55.5 Å². The van der Waals surface area contributed by atoms with Crippen LogP contribution < -0.4 is 0 Å². The molecule has 3 aromatic carbocycles. The molecule has 0 fully saturated rings. The highest BCUT2D eigenvalue weighted by Gasteiger charge is 2.27. The van der Waals surface area contributed by atoms with E-state index < -0.39 is 34.8 Å². The molecule has 0 saturated heterocycles. The molecule has 0 aliphatic carbocycles. The van der Waals surface area contributed by atoms with Crippen LogP contribution in [0.5, 0.6) is 0 Å². The van der Waals surface area contributed by atoms with Gasteiger partial charge in [-0.05, 0) is 64.9 Å². The number of hydrogen-bond donors (Lipinski definition) is 0. The molecule has 0 amide bonds. The molecule has 4 aromatic rings. The molecule has 0 aliphatic heterocycles. The van der Waals surface area contributed by atoms with Crippen molar-refractivity contribution in [1.82, 2.24) is 4.98 Å². The third kappa shape index (κ3) is 6.97. The highest BCUT2D eigenvalue weighted by molar-refractivity contribution is 7.91. The number of hydrogen-bond acceptors (Lipinski definition) is 7. The van der Waals surface area contributed by atoms with Gasteiger partial charge in [0.05, 0.1) is 21.4 Å². The maximum atomic E-state index is 13.2. The minimum Gasteiger partial charge on any atom is -0.256 e. The molecule has 10 heteroatoms. The lowest BCUT2D eigenvalue weighted by molar-refractivity contribution is 0.582. The van der Waals surface area contributed by atoms with Crippen molar-refractivity contribution >= 4 is 40.4 Å². The smallest absolute Gasteiger partial charge is 0.175 e. The third-order valence-electron chi connectivity index (χ3n) is 7.02. The molecule has 2 atom stereocenters. The number of nitrogens with zero attached hydrogens (tertiary/aromatic N) is 1. The van der Waals surface area contributed by atoms with Crippen molar-refractivity contribution in [2.24, 2.45) is 0 Å². The Hall–Kier alpha value is -3.08. The number of rotatable bonds is 10. The Balaban J connectivity index is 1.78. The zero-order valence-corrected chi connectivity index (χ0v) is 25.4. The first-order valence-electron chi connectivity index (χ1n) is 12.9. The second-order valence-electron chi connectivity index (χ2n) is 10.3. The van der Waals surface area contributed by atoms with Gasteiger partial charge in [0.2, 0.25) is 0 Å². The third-order valence-corrected chi connectivity index (χ3v) is 11.4. The summed E-state index contributed by atoms with van der Waals surface area (Å²) in [7, 11) is -10.1. The van der Waals surface area contributed by atoms with Gasteiger partial charge in [0.25, 0.3) is 0 Å². The van der Waals surface area contributed by atoms with Crippen LogP contribution in [-0.4, -0.2) is 54.3 Å². The number of aromatic nitrogens is 1. The van der Waals surface area contributed by atoms with Gasteiger partial charge in [-0.1, -0.05) is 56.3 Å². The molecule has 2 unspecified atom stereocenters. The van der Waals surface area contributed by atoms with E-state index in [2.05, 4.69) is 4.98 Å². The molecule has 40 heavy (non-hydrogen) atoms. The Morgan fingerprint density at radius 2 is 1.50 bits per heavy atom. The summed E-state index contributed by atoms with van der Waals surface area (Å²) in [5.41, 5.74) is 4.65. The fourth-order valence-corrected chi connectivity index (χ4v) is 8.09. The highest BCUT2D eigenvalue weighted by atomic mass is 32.2. The van der Waals surface area contributed by atoms with Gasteiger partial charge in [-0.2, -0.15) is 0 Å². The first kappa shape index (κ1) is 29.9. The lowest BCUT2D eigenvalue weighted by Gasteiger charge is -2.19. The van der Waals surface area contributed by atoms with Crippen molar-refractivity contribution in [3.63, 3.8) is 0 Å². The number of benzene rings is 3. The summed E-state index contributed by atoms with van der Waals surface area (Å²) in [4.78, 5) is 4.72. The molecule has 0 radical (unpaired) electrons. The van der Waals surface area contributed by atoms with Crippen LogP contribution in [-0.2, 0) is 35.9 Å². The minimum absolute atomic E-state index is 0.0208. The quantitative estimate of drug-likeness (QED) is 0.247. The molecule has 7 nitrogen and oxygen atoms in total. The van der Waals surface area contributed by atoms with Gasteiger partial charge in [0.15, 0.2) is 19.7 Å². The molecular weight excluding hydrogens is 567 g/mol. The lowest BCUT2D eigenvalue weighted by atomic mass is 9.92. The van der Waals surface area contributed by atoms with E-state index in [1.54, 1.807) is 25.3 Å². The molecular formula is C30H33NO6S3. The Labute approximate surface area is 237 Å². The van der Waals surface area contributed by atoms with Crippen molar-refractivity contribution in [1.29, 1.82) is 0 Å². The fourth-order valence-electron chi connectivity index (χ4n) is 4.93. The average Bonchev–Trinajstić information content (AvgIpc) is 2.90. The summed E-state index contributed by atoms with van der Waals surface area (Å²) >= 11 is 0. The maximum Gasteiger partial charge on any atom is 0.175 e. The van der Waals surface area contributed by atoms with Gasteiger partial charge in [-0.3, -0.25) is 4.98 Å². The van der Waals surface area contributed by atoms with Gasteiger partial charge < -0.3 is 0 Å². The van der Waals surface area contributed by atoms with E-state index in [0.717, 1.165) is 39.4 Å². The number of pyridine rings is 1. The van der Waals surface area contributed by atoms with E-state index >= 15 is 0 Å². The van der Waals surface area contributed by atoms with Gasteiger partial charge in [-0.25, -0.2) is 25.3 Å². The van der Waals surface area contributed by atoms with Crippen molar-refractivity contribution in [3.8, 4) is 11.1 Å². The van der Waals surface area contributed by atoms with Crippen molar-refractivity contribution in [2.45, 2.75) is 36.3 Å². The summed E-state index contributed by atoms with van der Waals surface area (Å²) in [6.07, 6.45) is 4.26. The van der Waals surface area contributed by atoms with E-state index in [1.165, 1.54) is 18.4 Å². The van der Waals surface area contributed by atoms with Crippen molar-refractivity contribution < 1.29 is 25.3 Å². The molecule has 0 N–H and O–H groups in total. The minimum atomic E-state index is -3.53. The van der Waals surface area contributed by atoms with Crippen LogP contribution in [0.15, 0.2) is 83.9 Å². The van der Waals surface area contributed by atoms with E-state index in [4.69, 9.17) is 0 Å². The Kier molecular flexibility index (Phi) is 8.54. The summed E-state index contributed by atoms with van der Waals surface area (Å²) in [5.74, 6) is -0.261. The second-order valence-corrected chi connectivity index (χ2v) is 17.0. The van der Waals surface area contributed by atoms with Gasteiger partial charge in [-0.15, -0.1) is 0 Å². The van der Waals surface area contributed by atoms with Crippen molar-refractivity contribution in [3.05, 3.63) is 95.7 Å². The molecule has 1 heterocycles. The second kappa shape index (κ2) is 11.4. The van der Waals surface area contributed by atoms with Crippen LogP contribution >= 0.6 is 0 Å². The SMILES string of the molecule is CCS(=O)(=O)C(Cc1cccc(-c2cc(C(C)CS(C)(=O)=O)cc3cccnc23)c1)c1ccc(S(C)(=O)=O)cc1. The topological polar surface area (TPSA) is 115 Å². The molecule has 212 valence electrons. The molecule has 0 saturated carbocycles. The van der Waals surface area contributed by atoms with Crippen LogP contribution in [0.3, 0.4) is 0 Å². The lowest BCUT2D eigenvalue weighted by Crippen LogP contribution is -2.18. The van der Waals surface area contributed by atoms with Crippen LogP contribution in [0, 0.1) is 0 Å². The monoisotopic (exact) mass is 599 g/mol. The van der Waals surface area contributed by atoms with E-state index in [-0.39, 0.29) is 28.7 Å². The predicted molar refractivity (Wildman–Crippen MR) is 161 cm³/mol. The number of sulfone groups is 3. The van der Waals surface area contributed by atoms with Crippen LogP contribution in [0.1, 0.15) is 41.7 Å². The molecule has 4 rings (SSSR count). The normalized spacial score (nSPS) is 14.2. The summed E-state index contributed by atoms with van der Waals surface area (Å²) in [6, 6.07) is 21.4. The standard InChI is InChI=1S/C30H33NO6S3/c1-5-40(36,37)29(23-11-13-27(14-12-23)39(4,34)35)17-22-8-6-9-24(16-22)28-19-26(21(2)20-38(3,32)33)18-25-10-7-15-31-30(25)28/h6-16,18-19,21,29H,5,17,20H2,1-4H3.